The summed E-state index contributed by atoms with van der Waals surface area (Å²) in [6.45, 7) is 2.22. The Bertz CT molecular complexity index is 990. The van der Waals surface area contributed by atoms with Gasteiger partial charge >= 0.3 is 0 Å². The Balaban J connectivity index is 1.50. The van der Waals surface area contributed by atoms with Gasteiger partial charge in [0.1, 0.15) is 5.54 Å². The van der Waals surface area contributed by atoms with Crippen LogP contribution in [0.2, 0.25) is 0 Å². The summed E-state index contributed by atoms with van der Waals surface area (Å²) in [5, 5.41) is 6.20. The molecule has 3 aliphatic rings. The van der Waals surface area contributed by atoms with Crippen molar-refractivity contribution in [3.63, 3.8) is 0 Å². The highest BCUT2D eigenvalue weighted by molar-refractivity contribution is 6.15. The maximum absolute atomic E-state index is 13.4. The molecule has 2 aromatic carbocycles. The molecule has 0 aromatic heterocycles. The molecule has 2 fully saturated rings. The van der Waals surface area contributed by atoms with Crippen LogP contribution in [0.3, 0.4) is 0 Å². The normalized spacial score (nSPS) is 30.7. The first-order chi connectivity index (χ1) is 13.5. The van der Waals surface area contributed by atoms with Crippen molar-refractivity contribution in [3.8, 4) is 0 Å². The van der Waals surface area contributed by atoms with Gasteiger partial charge in [0.25, 0.3) is 0 Å². The molecule has 1 spiro atoms. The van der Waals surface area contributed by atoms with Crippen molar-refractivity contribution in [1.82, 2.24) is 10.2 Å². The summed E-state index contributed by atoms with van der Waals surface area (Å²) < 4.78 is 0. The van der Waals surface area contributed by atoms with Gasteiger partial charge in [0, 0.05) is 23.8 Å². The average molecular weight is 375 g/mol. The molecule has 142 valence electrons. The molecule has 2 N–H and O–H groups in total. The van der Waals surface area contributed by atoms with Crippen molar-refractivity contribution in [3.05, 3.63) is 65.7 Å². The zero-order valence-electron chi connectivity index (χ0n) is 15.5. The molecule has 2 saturated heterocycles. The fourth-order valence-electron chi connectivity index (χ4n) is 5.09. The van der Waals surface area contributed by atoms with Crippen LogP contribution in [0.4, 0.5) is 5.69 Å². The van der Waals surface area contributed by atoms with E-state index in [2.05, 4.69) is 10.6 Å². The first-order valence-electron chi connectivity index (χ1n) is 9.62. The molecule has 28 heavy (non-hydrogen) atoms. The maximum atomic E-state index is 13.4. The lowest BCUT2D eigenvalue weighted by Gasteiger charge is -2.29. The van der Waals surface area contributed by atoms with Crippen LogP contribution in [0.5, 0.6) is 0 Å². The molecule has 3 heterocycles. The van der Waals surface area contributed by atoms with Crippen molar-refractivity contribution in [2.24, 2.45) is 11.8 Å². The van der Waals surface area contributed by atoms with E-state index in [1.165, 1.54) is 4.90 Å². The van der Waals surface area contributed by atoms with Crippen molar-refractivity contribution in [1.29, 1.82) is 0 Å². The number of carbonyl (C=O) groups is 3. The number of amides is 3. The minimum absolute atomic E-state index is 0.181. The van der Waals surface area contributed by atoms with E-state index in [9.17, 15) is 14.4 Å². The van der Waals surface area contributed by atoms with Gasteiger partial charge in [-0.2, -0.15) is 0 Å². The molecule has 0 bridgehead atoms. The van der Waals surface area contributed by atoms with Crippen LogP contribution in [-0.2, 0) is 26.3 Å². The van der Waals surface area contributed by atoms with Gasteiger partial charge < -0.3 is 5.32 Å². The first kappa shape index (κ1) is 17.1. The van der Waals surface area contributed by atoms with E-state index in [1.807, 2.05) is 61.5 Å². The Kier molecular flexibility index (Phi) is 3.67. The van der Waals surface area contributed by atoms with Gasteiger partial charge in [-0.3, -0.25) is 24.6 Å². The second kappa shape index (κ2) is 6.01. The minimum Gasteiger partial charge on any atom is -0.324 e. The van der Waals surface area contributed by atoms with Crippen LogP contribution < -0.4 is 10.6 Å². The zero-order chi connectivity index (χ0) is 19.5. The van der Waals surface area contributed by atoms with Crippen LogP contribution in [-0.4, -0.2) is 35.2 Å². The van der Waals surface area contributed by atoms with E-state index in [4.69, 9.17) is 0 Å². The minimum atomic E-state index is -1.17. The third-order valence-corrected chi connectivity index (χ3v) is 6.33. The van der Waals surface area contributed by atoms with Crippen LogP contribution in [0.25, 0.3) is 0 Å². The molecule has 3 amide bonds. The molecule has 6 heteroatoms. The summed E-state index contributed by atoms with van der Waals surface area (Å²) in [5.74, 6) is -1.93. The first-order valence-corrected chi connectivity index (χ1v) is 9.62. The highest BCUT2D eigenvalue weighted by Gasteiger charge is 2.69. The molecule has 2 aromatic rings. The second-order valence-corrected chi connectivity index (χ2v) is 7.81. The topological polar surface area (TPSA) is 78.5 Å². The molecular formula is C22H21N3O3. The van der Waals surface area contributed by atoms with E-state index < -0.39 is 17.4 Å². The molecule has 0 saturated carbocycles. The highest BCUT2D eigenvalue weighted by Crippen LogP contribution is 2.52. The molecule has 5 rings (SSSR count). The number of fused-ring (bicyclic) bond motifs is 4. The lowest BCUT2D eigenvalue weighted by molar-refractivity contribution is -0.142. The number of nitrogens with one attached hydrogen (secondary N) is 2. The number of rotatable bonds is 3. The molecule has 0 unspecified atom stereocenters. The van der Waals surface area contributed by atoms with Crippen LogP contribution in [0, 0.1) is 11.8 Å². The van der Waals surface area contributed by atoms with Crippen molar-refractivity contribution < 1.29 is 14.4 Å². The summed E-state index contributed by atoms with van der Waals surface area (Å²) in [5.41, 5.74) is 1.36. The van der Waals surface area contributed by atoms with Crippen LogP contribution in [0.15, 0.2) is 54.6 Å². The van der Waals surface area contributed by atoms with E-state index >= 15 is 0 Å². The summed E-state index contributed by atoms with van der Waals surface area (Å²) in [4.78, 5) is 40.9. The molecule has 0 aliphatic carbocycles. The Hall–Kier alpha value is -2.99. The third kappa shape index (κ3) is 2.15. The smallest absolute Gasteiger partial charge is 0.250 e. The Morgan fingerprint density at radius 1 is 0.964 bits per heavy atom. The third-order valence-electron chi connectivity index (χ3n) is 6.33. The number of hydrogen-bond acceptors (Lipinski definition) is 4. The van der Waals surface area contributed by atoms with Crippen molar-refractivity contribution in [2.45, 2.75) is 24.9 Å². The van der Waals surface area contributed by atoms with Crippen molar-refractivity contribution >= 4 is 23.4 Å². The number of anilines is 1. The summed E-state index contributed by atoms with van der Waals surface area (Å²) in [7, 11) is 0. The second-order valence-electron chi connectivity index (χ2n) is 7.81. The number of imide groups is 1. The molecular weight excluding hydrogens is 354 g/mol. The zero-order valence-corrected chi connectivity index (χ0v) is 15.5. The van der Waals surface area contributed by atoms with Gasteiger partial charge in [-0.1, -0.05) is 48.5 Å². The van der Waals surface area contributed by atoms with E-state index in [0.29, 0.717) is 18.7 Å². The Morgan fingerprint density at radius 2 is 1.68 bits per heavy atom. The van der Waals surface area contributed by atoms with Gasteiger partial charge in [0.15, 0.2) is 0 Å². The van der Waals surface area contributed by atoms with Crippen LogP contribution >= 0.6 is 0 Å². The van der Waals surface area contributed by atoms with E-state index in [0.717, 1.165) is 11.1 Å². The lowest BCUT2D eigenvalue weighted by atomic mass is 9.76. The summed E-state index contributed by atoms with van der Waals surface area (Å²) in [6.07, 6.45) is 0.607. The molecule has 3 aliphatic heterocycles. The highest BCUT2D eigenvalue weighted by atomic mass is 16.2. The van der Waals surface area contributed by atoms with E-state index in [-0.39, 0.29) is 23.8 Å². The quantitative estimate of drug-likeness (QED) is 0.800. The van der Waals surface area contributed by atoms with Crippen molar-refractivity contribution in [2.75, 3.05) is 11.9 Å². The number of nitrogens with zero attached hydrogens (tertiary/aromatic N) is 1. The molecule has 4 atom stereocenters. The number of benzene rings is 2. The standard InChI is InChI=1S/C22H21N3O3/c1-13-17-18(22(24-13)15-9-5-6-10-16(15)23-21(22)28)20(27)25(19(17)26)12-11-14-7-3-2-4-8-14/h2-10,13,17-18,24H,11-12H2,1H3,(H,23,28)/t13-,17-,18+,22-/m1/s1. The Morgan fingerprint density at radius 3 is 2.46 bits per heavy atom. The fraction of sp³-hybridized carbons (Fsp3) is 0.318. The summed E-state index contributed by atoms with van der Waals surface area (Å²) in [6, 6.07) is 16.9. The fourth-order valence-corrected chi connectivity index (χ4v) is 5.09. The van der Waals surface area contributed by atoms with Crippen LogP contribution in [0.1, 0.15) is 18.1 Å². The molecule has 0 radical (unpaired) electrons. The van der Waals surface area contributed by atoms with Gasteiger partial charge in [-0.15, -0.1) is 0 Å². The lowest BCUT2D eigenvalue weighted by Crippen LogP contribution is -2.53. The summed E-state index contributed by atoms with van der Waals surface area (Å²) >= 11 is 0. The predicted molar refractivity (Wildman–Crippen MR) is 103 cm³/mol. The van der Waals surface area contributed by atoms with Gasteiger partial charge in [0.05, 0.1) is 11.8 Å². The SMILES string of the molecule is C[C@H]1N[C@@]2(C(=O)Nc3ccccc32)[C@@H]2C(=O)N(CCc3ccccc3)C(=O)[C@@H]21. The average Bonchev–Trinajstić information content (AvgIpc) is 3.26. The van der Waals surface area contributed by atoms with Gasteiger partial charge in [-0.25, -0.2) is 0 Å². The number of hydrogen-bond donors (Lipinski definition) is 2. The predicted octanol–water partition coefficient (Wildman–Crippen LogP) is 1.67. The van der Waals surface area contributed by atoms with Gasteiger partial charge in [0.2, 0.25) is 17.7 Å². The number of likely N-dealkylation sites (tertiary alicyclic amines) is 1. The molecule has 6 nitrogen and oxygen atoms in total. The number of para-hydroxylation sites is 1. The Labute approximate surface area is 162 Å². The van der Waals surface area contributed by atoms with Gasteiger partial charge in [-0.05, 0) is 25.0 Å². The largest absolute Gasteiger partial charge is 0.324 e. The van der Waals surface area contributed by atoms with E-state index in [1.54, 1.807) is 0 Å². The monoisotopic (exact) mass is 375 g/mol. The maximum Gasteiger partial charge on any atom is 0.250 e. The number of carbonyl (C=O) groups excluding carboxylic acids is 3.